The Labute approximate surface area is 218 Å². The normalized spacial score (nSPS) is 27.5. The van der Waals surface area contributed by atoms with Crippen LogP contribution in [0.25, 0.3) is 22.0 Å². The quantitative estimate of drug-likeness (QED) is 0.311. The number of rotatable bonds is 2. The summed E-state index contributed by atoms with van der Waals surface area (Å²) in [6.45, 7) is 10.8. The average Bonchev–Trinajstić information content (AvgIpc) is 3.10. The molecule has 185 valence electrons. The van der Waals surface area contributed by atoms with Gasteiger partial charge in [0.25, 0.3) is 0 Å². The molecule has 2 aliphatic carbocycles. The Morgan fingerprint density at radius 1 is 1.09 bits per heavy atom. The third-order valence-corrected chi connectivity index (χ3v) is 7.94. The summed E-state index contributed by atoms with van der Waals surface area (Å²) in [5.41, 5.74) is 3.41. The molecule has 2 aliphatic rings. The number of hydrogen-bond acceptors (Lipinski definition) is 3. The summed E-state index contributed by atoms with van der Waals surface area (Å²) >= 11 is 0. The van der Waals surface area contributed by atoms with Crippen LogP contribution in [0.2, 0.25) is 0 Å². The Balaban J connectivity index is 0.000000193. The summed E-state index contributed by atoms with van der Waals surface area (Å²) in [6, 6.07) is 19.9. The van der Waals surface area contributed by atoms with E-state index in [-0.39, 0.29) is 43.6 Å². The number of fused-ring (bicyclic) bond motifs is 2. The zero-order chi connectivity index (χ0) is 23.8. The first-order valence-electron chi connectivity index (χ1n) is 12.4. The van der Waals surface area contributed by atoms with Crippen LogP contribution in [0.15, 0.2) is 54.7 Å². The molecule has 2 aromatic carbocycles. The second-order valence-electron chi connectivity index (χ2n) is 11.1. The van der Waals surface area contributed by atoms with E-state index in [1.807, 2.05) is 24.4 Å². The van der Waals surface area contributed by atoms with Crippen molar-refractivity contribution in [3.63, 3.8) is 0 Å². The molecule has 1 heterocycles. The number of pyridine rings is 1. The first-order valence-corrected chi connectivity index (χ1v) is 12.4. The van der Waals surface area contributed by atoms with Crippen LogP contribution in [0.3, 0.4) is 0 Å². The largest absolute Gasteiger partial charge is 0.392 e. The summed E-state index contributed by atoms with van der Waals surface area (Å²) < 4.78 is 0. The number of hydrogen-bond donors (Lipinski definition) is 2. The molecule has 2 saturated carbocycles. The van der Waals surface area contributed by atoms with Gasteiger partial charge in [-0.05, 0) is 70.5 Å². The van der Waals surface area contributed by atoms with Crippen LogP contribution in [-0.2, 0) is 20.1 Å². The van der Waals surface area contributed by atoms with Gasteiger partial charge in [0.15, 0.2) is 0 Å². The summed E-state index contributed by atoms with van der Waals surface area (Å²) in [4.78, 5) is 4.52. The molecule has 0 bridgehead atoms. The van der Waals surface area contributed by atoms with Crippen LogP contribution in [0, 0.1) is 29.2 Å². The van der Waals surface area contributed by atoms with Crippen molar-refractivity contribution in [1.82, 2.24) is 4.98 Å². The number of benzene rings is 2. The van der Waals surface area contributed by atoms with Crippen LogP contribution in [0.1, 0.15) is 65.4 Å². The van der Waals surface area contributed by atoms with Gasteiger partial charge in [0.1, 0.15) is 0 Å². The zero-order valence-electron chi connectivity index (χ0n) is 21.0. The van der Waals surface area contributed by atoms with Crippen molar-refractivity contribution >= 4 is 10.8 Å². The fraction of sp³-hybridized carbons (Fsp3) is 0.500. The van der Waals surface area contributed by atoms with Gasteiger partial charge in [-0.1, -0.05) is 52.8 Å². The molecule has 0 spiro atoms. The molecule has 34 heavy (non-hydrogen) atoms. The molecule has 4 unspecified atom stereocenters. The molecule has 1 radical (unpaired) electrons. The van der Waals surface area contributed by atoms with Gasteiger partial charge in [0.2, 0.25) is 0 Å². The molecule has 3 aromatic rings. The van der Waals surface area contributed by atoms with Crippen molar-refractivity contribution in [2.75, 3.05) is 0 Å². The maximum Gasteiger partial charge on any atom is 0.0646 e. The standard InChI is InChI=1S/C18H16N.C12H22O2.Ir/c1-13(2)15-8-9-17-16(12-15)10-11-19-18(17)14-6-4-3-5-7-14;1-7-6-8-4-5-12(2,3)11(14)9(8)10(7)13;/h3-6,8-13H,1-2H3;7-11,13-14H,4-6H2,1-3H3;/q-1;;/t;7-,8?,9?,10?,11?;/m.0./s1. The molecular weight excluding hydrogens is 599 g/mol. The van der Waals surface area contributed by atoms with E-state index >= 15 is 0 Å². The van der Waals surface area contributed by atoms with E-state index in [1.54, 1.807) is 0 Å². The fourth-order valence-electron chi connectivity index (χ4n) is 5.72. The third kappa shape index (κ3) is 5.46. The Morgan fingerprint density at radius 3 is 2.53 bits per heavy atom. The molecule has 4 heteroatoms. The minimum atomic E-state index is -0.318. The Kier molecular flexibility index (Phi) is 8.74. The first-order chi connectivity index (χ1) is 15.7. The van der Waals surface area contributed by atoms with E-state index in [9.17, 15) is 10.2 Å². The summed E-state index contributed by atoms with van der Waals surface area (Å²) in [6.07, 6.45) is 4.64. The van der Waals surface area contributed by atoms with E-state index in [1.165, 1.54) is 22.8 Å². The molecule has 3 nitrogen and oxygen atoms in total. The van der Waals surface area contributed by atoms with Crippen LogP contribution in [-0.4, -0.2) is 27.4 Å². The van der Waals surface area contributed by atoms with Crippen LogP contribution >= 0.6 is 0 Å². The molecule has 2 N–H and O–H groups in total. The number of nitrogens with zero attached hydrogens (tertiary/aromatic N) is 1. The third-order valence-electron chi connectivity index (χ3n) is 7.94. The second kappa shape index (κ2) is 11.0. The van der Waals surface area contributed by atoms with Gasteiger partial charge in [-0.25, -0.2) is 0 Å². The molecule has 0 saturated heterocycles. The van der Waals surface area contributed by atoms with E-state index in [0.717, 1.165) is 24.1 Å². The van der Waals surface area contributed by atoms with Gasteiger partial charge in [-0.15, -0.1) is 35.9 Å². The molecule has 2 fully saturated rings. The molecule has 0 amide bonds. The predicted octanol–water partition coefficient (Wildman–Crippen LogP) is 6.62. The summed E-state index contributed by atoms with van der Waals surface area (Å²) in [5.74, 6) is 1.61. The summed E-state index contributed by atoms with van der Waals surface area (Å²) in [7, 11) is 0. The van der Waals surface area contributed by atoms with Gasteiger partial charge in [-0.2, -0.15) is 0 Å². The Bertz CT molecular complexity index is 1080. The molecular formula is C30H38IrNO2-. The van der Waals surface area contributed by atoms with E-state index < -0.39 is 0 Å². The van der Waals surface area contributed by atoms with Crippen molar-refractivity contribution in [1.29, 1.82) is 0 Å². The Hall–Kier alpha value is -1.58. The van der Waals surface area contributed by atoms with Crippen molar-refractivity contribution in [2.24, 2.45) is 23.2 Å². The Morgan fingerprint density at radius 2 is 1.85 bits per heavy atom. The van der Waals surface area contributed by atoms with Gasteiger partial charge < -0.3 is 15.2 Å². The number of aliphatic hydroxyl groups is 2. The second-order valence-corrected chi connectivity index (χ2v) is 11.1. The van der Waals surface area contributed by atoms with Crippen molar-refractivity contribution < 1.29 is 30.3 Å². The minimum Gasteiger partial charge on any atom is -0.392 e. The topological polar surface area (TPSA) is 53.4 Å². The van der Waals surface area contributed by atoms with Gasteiger partial charge in [0, 0.05) is 32.2 Å². The molecule has 5 atom stereocenters. The molecule has 0 aliphatic heterocycles. The van der Waals surface area contributed by atoms with Crippen LogP contribution in [0.4, 0.5) is 0 Å². The predicted molar refractivity (Wildman–Crippen MR) is 136 cm³/mol. The maximum atomic E-state index is 10.2. The fourth-order valence-corrected chi connectivity index (χ4v) is 5.72. The number of aliphatic hydroxyl groups excluding tert-OH is 2. The van der Waals surface area contributed by atoms with Crippen molar-refractivity contribution in [3.05, 3.63) is 66.4 Å². The van der Waals surface area contributed by atoms with Crippen molar-refractivity contribution in [3.8, 4) is 11.3 Å². The monoisotopic (exact) mass is 637 g/mol. The molecule has 5 rings (SSSR count). The van der Waals surface area contributed by atoms with Gasteiger partial charge >= 0.3 is 0 Å². The van der Waals surface area contributed by atoms with Crippen molar-refractivity contribution in [2.45, 2.75) is 72.0 Å². The smallest absolute Gasteiger partial charge is 0.0646 e. The molecule has 1 aromatic heterocycles. The maximum absolute atomic E-state index is 10.2. The zero-order valence-corrected chi connectivity index (χ0v) is 23.4. The van der Waals surface area contributed by atoms with Gasteiger partial charge in [-0.3, -0.25) is 0 Å². The van der Waals surface area contributed by atoms with E-state index in [4.69, 9.17) is 0 Å². The number of aromatic nitrogens is 1. The van der Waals surface area contributed by atoms with E-state index in [2.05, 4.69) is 76.0 Å². The van der Waals surface area contributed by atoms with Gasteiger partial charge in [0.05, 0.1) is 12.2 Å². The SMILES string of the molecule is CC(C)c1ccc2c(-c3[c-]cccc3)nccc2c1.C[C@H]1CC2CCC(C)(C)C(O)C2C1O.[Ir]. The van der Waals surface area contributed by atoms with Crippen LogP contribution < -0.4 is 0 Å². The van der Waals surface area contributed by atoms with Crippen LogP contribution in [0.5, 0.6) is 0 Å². The summed E-state index contributed by atoms with van der Waals surface area (Å²) in [5, 5.41) is 22.7. The van der Waals surface area contributed by atoms with E-state index in [0.29, 0.717) is 17.8 Å². The average molecular weight is 637 g/mol. The first kappa shape index (κ1) is 27.0. The minimum absolute atomic E-state index is 0.